The zero-order valence-electron chi connectivity index (χ0n) is 15.8. The van der Waals surface area contributed by atoms with Gasteiger partial charge in [0.05, 0.1) is 0 Å². The molecule has 1 fully saturated rings. The summed E-state index contributed by atoms with van der Waals surface area (Å²) in [5, 5.41) is 3.03. The number of carbonyl (C=O) groups is 1. The van der Waals surface area contributed by atoms with Gasteiger partial charge in [-0.05, 0) is 36.1 Å². The molecule has 0 spiro atoms. The molecule has 1 aromatic carbocycles. The molecule has 1 N–H and O–H groups in total. The summed E-state index contributed by atoms with van der Waals surface area (Å²) in [6, 6.07) is 8.22. The first-order valence-corrected chi connectivity index (χ1v) is 9.29. The van der Waals surface area contributed by atoms with Crippen molar-refractivity contribution >= 4 is 11.7 Å². The molecule has 134 valence electrons. The van der Waals surface area contributed by atoms with Gasteiger partial charge < -0.3 is 10.2 Å². The van der Waals surface area contributed by atoms with E-state index in [1.807, 2.05) is 17.0 Å². The number of benzene rings is 1. The van der Waals surface area contributed by atoms with Crippen LogP contribution in [0.2, 0.25) is 0 Å². The standard InChI is InChI=1S/C20H33N3O/c1-5-6-7-12-22-13-15-23(16-14-22)19(24)21-18-10-8-17(9-11-18)20(2,3)4/h8-11H,5-7,12-16H2,1-4H3,(H,21,24). The summed E-state index contributed by atoms with van der Waals surface area (Å²) in [5.74, 6) is 0. The van der Waals surface area contributed by atoms with Crippen LogP contribution in [0.15, 0.2) is 24.3 Å². The third-order valence-electron chi connectivity index (χ3n) is 4.74. The van der Waals surface area contributed by atoms with Gasteiger partial charge in [-0.3, -0.25) is 4.90 Å². The second-order valence-electron chi connectivity index (χ2n) is 7.79. The van der Waals surface area contributed by atoms with E-state index in [1.54, 1.807) is 0 Å². The molecule has 1 heterocycles. The van der Waals surface area contributed by atoms with Crippen LogP contribution in [0.3, 0.4) is 0 Å². The van der Waals surface area contributed by atoms with Crippen molar-refractivity contribution in [2.24, 2.45) is 0 Å². The van der Waals surface area contributed by atoms with Gasteiger partial charge in [0.2, 0.25) is 0 Å². The minimum Gasteiger partial charge on any atom is -0.322 e. The Balaban J connectivity index is 1.79. The molecule has 1 aromatic rings. The third-order valence-corrected chi connectivity index (χ3v) is 4.74. The van der Waals surface area contributed by atoms with Crippen molar-refractivity contribution in [1.82, 2.24) is 9.80 Å². The highest BCUT2D eigenvalue weighted by molar-refractivity contribution is 5.89. The summed E-state index contributed by atoms with van der Waals surface area (Å²) >= 11 is 0. The van der Waals surface area contributed by atoms with Crippen molar-refractivity contribution in [3.8, 4) is 0 Å². The molecule has 1 aliphatic heterocycles. The quantitative estimate of drug-likeness (QED) is 0.815. The monoisotopic (exact) mass is 331 g/mol. The molecule has 0 atom stereocenters. The van der Waals surface area contributed by atoms with Gasteiger partial charge >= 0.3 is 6.03 Å². The van der Waals surface area contributed by atoms with Gasteiger partial charge in [0.25, 0.3) is 0 Å². The van der Waals surface area contributed by atoms with E-state index in [2.05, 4.69) is 50.0 Å². The summed E-state index contributed by atoms with van der Waals surface area (Å²) in [6.07, 6.45) is 3.82. The molecule has 2 amide bonds. The molecule has 0 saturated carbocycles. The largest absolute Gasteiger partial charge is 0.322 e. The fraction of sp³-hybridized carbons (Fsp3) is 0.650. The van der Waals surface area contributed by atoms with Crippen LogP contribution in [-0.4, -0.2) is 48.6 Å². The van der Waals surface area contributed by atoms with E-state index in [-0.39, 0.29) is 11.4 Å². The minimum absolute atomic E-state index is 0.0201. The molecule has 0 unspecified atom stereocenters. The molecule has 0 aromatic heterocycles. The van der Waals surface area contributed by atoms with Crippen molar-refractivity contribution in [1.29, 1.82) is 0 Å². The molecular formula is C20H33N3O. The summed E-state index contributed by atoms with van der Waals surface area (Å²) in [7, 11) is 0. The van der Waals surface area contributed by atoms with E-state index < -0.39 is 0 Å². The SMILES string of the molecule is CCCCCN1CCN(C(=O)Nc2ccc(C(C)(C)C)cc2)CC1. The Morgan fingerprint density at radius 3 is 2.21 bits per heavy atom. The number of hydrogen-bond acceptors (Lipinski definition) is 2. The van der Waals surface area contributed by atoms with Crippen LogP contribution in [0.1, 0.15) is 52.5 Å². The molecule has 0 bridgehead atoms. The van der Waals surface area contributed by atoms with Gasteiger partial charge in [0, 0.05) is 31.9 Å². The van der Waals surface area contributed by atoms with Crippen LogP contribution in [0, 0.1) is 0 Å². The van der Waals surface area contributed by atoms with Gasteiger partial charge in [-0.15, -0.1) is 0 Å². The molecule has 0 aliphatic carbocycles. The highest BCUT2D eigenvalue weighted by Gasteiger charge is 2.21. The summed E-state index contributed by atoms with van der Waals surface area (Å²) in [6.45, 7) is 13.6. The first kappa shape index (κ1) is 18.8. The number of piperazine rings is 1. The molecule has 4 nitrogen and oxygen atoms in total. The van der Waals surface area contributed by atoms with Crippen LogP contribution >= 0.6 is 0 Å². The van der Waals surface area contributed by atoms with Gasteiger partial charge in [-0.25, -0.2) is 4.79 Å². The number of carbonyl (C=O) groups excluding carboxylic acids is 1. The van der Waals surface area contributed by atoms with Crippen LogP contribution in [-0.2, 0) is 5.41 Å². The summed E-state index contributed by atoms with van der Waals surface area (Å²) in [5.41, 5.74) is 2.29. The van der Waals surface area contributed by atoms with Crippen molar-refractivity contribution in [2.75, 3.05) is 38.0 Å². The number of urea groups is 1. The molecule has 24 heavy (non-hydrogen) atoms. The van der Waals surface area contributed by atoms with Gasteiger partial charge in [-0.2, -0.15) is 0 Å². The molecule has 0 radical (unpaired) electrons. The Labute approximate surface area is 147 Å². The van der Waals surface area contributed by atoms with E-state index in [4.69, 9.17) is 0 Å². The minimum atomic E-state index is 0.0201. The van der Waals surface area contributed by atoms with E-state index in [0.29, 0.717) is 0 Å². The maximum absolute atomic E-state index is 12.4. The Morgan fingerprint density at radius 2 is 1.67 bits per heavy atom. The average Bonchev–Trinajstić information content (AvgIpc) is 2.55. The normalized spacial score (nSPS) is 16.2. The van der Waals surface area contributed by atoms with E-state index in [9.17, 15) is 4.79 Å². The smallest absolute Gasteiger partial charge is 0.321 e. The van der Waals surface area contributed by atoms with Crippen molar-refractivity contribution in [3.05, 3.63) is 29.8 Å². The Bertz CT molecular complexity index is 511. The summed E-state index contributed by atoms with van der Waals surface area (Å²) < 4.78 is 0. The summed E-state index contributed by atoms with van der Waals surface area (Å²) in [4.78, 5) is 16.8. The lowest BCUT2D eigenvalue weighted by Gasteiger charge is -2.34. The first-order valence-electron chi connectivity index (χ1n) is 9.29. The Morgan fingerprint density at radius 1 is 1.04 bits per heavy atom. The lowest BCUT2D eigenvalue weighted by atomic mass is 9.87. The molecule has 1 saturated heterocycles. The van der Waals surface area contributed by atoms with Crippen LogP contribution in [0.5, 0.6) is 0 Å². The number of amides is 2. The molecule has 2 rings (SSSR count). The van der Waals surface area contributed by atoms with Crippen LogP contribution in [0.4, 0.5) is 10.5 Å². The maximum atomic E-state index is 12.4. The van der Waals surface area contributed by atoms with Crippen molar-refractivity contribution in [2.45, 2.75) is 52.4 Å². The third kappa shape index (κ3) is 5.52. The highest BCUT2D eigenvalue weighted by Crippen LogP contribution is 2.23. The Kier molecular flexibility index (Phi) is 6.67. The number of nitrogens with one attached hydrogen (secondary N) is 1. The lowest BCUT2D eigenvalue weighted by Crippen LogP contribution is -2.50. The first-order chi connectivity index (χ1) is 11.4. The average molecular weight is 332 g/mol. The number of rotatable bonds is 5. The second-order valence-corrected chi connectivity index (χ2v) is 7.79. The Hall–Kier alpha value is -1.55. The lowest BCUT2D eigenvalue weighted by molar-refractivity contribution is 0.146. The molecule has 4 heteroatoms. The zero-order chi connectivity index (χ0) is 17.6. The van der Waals surface area contributed by atoms with Crippen LogP contribution in [0.25, 0.3) is 0 Å². The number of unbranched alkanes of at least 4 members (excludes halogenated alkanes) is 2. The van der Waals surface area contributed by atoms with Crippen LogP contribution < -0.4 is 5.32 Å². The van der Waals surface area contributed by atoms with Crippen molar-refractivity contribution < 1.29 is 4.79 Å². The van der Waals surface area contributed by atoms with Gasteiger partial charge in [0.1, 0.15) is 0 Å². The second kappa shape index (κ2) is 8.52. The zero-order valence-corrected chi connectivity index (χ0v) is 15.8. The molecular weight excluding hydrogens is 298 g/mol. The van der Waals surface area contributed by atoms with Gasteiger partial charge in [0.15, 0.2) is 0 Å². The number of anilines is 1. The van der Waals surface area contributed by atoms with Crippen molar-refractivity contribution in [3.63, 3.8) is 0 Å². The maximum Gasteiger partial charge on any atom is 0.321 e. The van der Waals surface area contributed by atoms with Gasteiger partial charge in [-0.1, -0.05) is 52.7 Å². The highest BCUT2D eigenvalue weighted by atomic mass is 16.2. The fourth-order valence-corrected chi connectivity index (χ4v) is 3.02. The van der Waals surface area contributed by atoms with E-state index in [0.717, 1.165) is 38.4 Å². The predicted octanol–water partition coefficient (Wildman–Crippen LogP) is 4.32. The number of hydrogen-bond donors (Lipinski definition) is 1. The molecule has 1 aliphatic rings. The van der Waals surface area contributed by atoms with E-state index in [1.165, 1.54) is 24.8 Å². The fourth-order valence-electron chi connectivity index (χ4n) is 3.02. The number of nitrogens with zero attached hydrogens (tertiary/aromatic N) is 2. The predicted molar refractivity (Wildman–Crippen MR) is 102 cm³/mol. The van der Waals surface area contributed by atoms with E-state index >= 15 is 0 Å². The topological polar surface area (TPSA) is 35.6 Å².